The lowest BCUT2D eigenvalue weighted by molar-refractivity contribution is 0.0907. The summed E-state index contributed by atoms with van der Waals surface area (Å²) in [6, 6.07) is 13.4. The van der Waals surface area contributed by atoms with Crippen molar-refractivity contribution in [1.29, 1.82) is 0 Å². The second-order valence-electron chi connectivity index (χ2n) is 6.24. The highest BCUT2D eigenvalue weighted by Gasteiger charge is 2.15. The minimum atomic E-state index is -0.117. The normalized spacial score (nSPS) is 17.9. The minimum absolute atomic E-state index is 0.0974. The van der Waals surface area contributed by atoms with Crippen molar-refractivity contribution >= 4 is 5.91 Å². The number of pyridine rings is 1. The van der Waals surface area contributed by atoms with Crippen LogP contribution in [0.2, 0.25) is 0 Å². The van der Waals surface area contributed by atoms with E-state index in [1.54, 1.807) is 18.3 Å². The molecule has 0 bridgehead atoms. The third kappa shape index (κ3) is 5.03. The Kier molecular flexibility index (Phi) is 6.01. The molecule has 2 unspecified atom stereocenters. The van der Waals surface area contributed by atoms with E-state index < -0.39 is 0 Å². The lowest BCUT2D eigenvalue weighted by Gasteiger charge is -2.14. The van der Waals surface area contributed by atoms with Crippen molar-refractivity contribution in [1.82, 2.24) is 10.3 Å². The van der Waals surface area contributed by atoms with Gasteiger partial charge in [0.05, 0.1) is 11.7 Å². The predicted octanol–water partition coefficient (Wildman–Crippen LogP) is 3.52. The summed E-state index contributed by atoms with van der Waals surface area (Å²) in [5.41, 5.74) is 1.62. The fraction of sp³-hybridized carbons (Fsp3) is 0.400. The van der Waals surface area contributed by atoms with E-state index in [9.17, 15) is 4.79 Å². The third-order valence-electron chi connectivity index (χ3n) is 4.34. The van der Waals surface area contributed by atoms with Gasteiger partial charge in [-0.2, -0.15) is 0 Å². The molecule has 1 aliphatic rings. The summed E-state index contributed by atoms with van der Waals surface area (Å²) in [5.74, 6) is 0.389. The SMILES string of the molecule is CC(Oc1ccc(C(=O)NCCC2CCCO2)cn1)c1ccccc1. The van der Waals surface area contributed by atoms with Gasteiger partial charge in [-0.1, -0.05) is 30.3 Å². The molecule has 1 aromatic carbocycles. The number of nitrogens with one attached hydrogen (secondary N) is 1. The van der Waals surface area contributed by atoms with Crippen LogP contribution in [0.15, 0.2) is 48.7 Å². The van der Waals surface area contributed by atoms with Crippen molar-refractivity contribution in [3.05, 3.63) is 59.8 Å². The average Bonchev–Trinajstić information content (AvgIpc) is 3.16. The van der Waals surface area contributed by atoms with E-state index in [0.717, 1.165) is 31.4 Å². The van der Waals surface area contributed by atoms with E-state index in [4.69, 9.17) is 9.47 Å². The Labute approximate surface area is 148 Å². The molecule has 1 saturated heterocycles. The molecule has 0 aliphatic carbocycles. The highest BCUT2D eigenvalue weighted by molar-refractivity contribution is 5.93. The van der Waals surface area contributed by atoms with Crippen LogP contribution >= 0.6 is 0 Å². The molecule has 1 aliphatic heterocycles. The van der Waals surface area contributed by atoms with E-state index in [1.807, 2.05) is 37.3 Å². The topological polar surface area (TPSA) is 60.5 Å². The summed E-state index contributed by atoms with van der Waals surface area (Å²) in [7, 11) is 0. The molecule has 2 heterocycles. The molecule has 5 nitrogen and oxygen atoms in total. The summed E-state index contributed by atoms with van der Waals surface area (Å²) in [5, 5.41) is 2.91. The van der Waals surface area contributed by atoms with Crippen molar-refractivity contribution in [3.8, 4) is 5.88 Å². The second kappa shape index (κ2) is 8.62. The number of nitrogens with zero attached hydrogens (tertiary/aromatic N) is 1. The van der Waals surface area contributed by atoms with Crippen LogP contribution < -0.4 is 10.1 Å². The molecular weight excluding hydrogens is 316 g/mol. The molecule has 0 saturated carbocycles. The molecule has 25 heavy (non-hydrogen) atoms. The maximum Gasteiger partial charge on any atom is 0.252 e. The quantitative estimate of drug-likeness (QED) is 0.838. The molecule has 1 fully saturated rings. The first-order chi connectivity index (χ1) is 12.2. The Morgan fingerprint density at radius 3 is 2.84 bits per heavy atom. The fourth-order valence-corrected chi connectivity index (χ4v) is 2.88. The molecule has 132 valence electrons. The van der Waals surface area contributed by atoms with Crippen LogP contribution in [0.4, 0.5) is 0 Å². The minimum Gasteiger partial charge on any atom is -0.470 e. The fourth-order valence-electron chi connectivity index (χ4n) is 2.88. The number of carbonyl (C=O) groups is 1. The molecule has 2 atom stereocenters. The van der Waals surface area contributed by atoms with Gasteiger partial charge in [-0.05, 0) is 37.8 Å². The van der Waals surface area contributed by atoms with Gasteiger partial charge in [0, 0.05) is 25.4 Å². The van der Waals surface area contributed by atoms with Gasteiger partial charge in [0.1, 0.15) is 6.10 Å². The summed E-state index contributed by atoms with van der Waals surface area (Å²) in [6.07, 6.45) is 4.80. The molecular formula is C20H24N2O3. The smallest absolute Gasteiger partial charge is 0.252 e. The van der Waals surface area contributed by atoms with Crippen molar-refractivity contribution in [2.75, 3.05) is 13.2 Å². The Morgan fingerprint density at radius 2 is 2.16 bits per heavy atom. The van der Waals surface area contributed by atoms with Crippen LogP contribution in [0.1, 0.15) is 48.2 Å². The van der Waals surface area contributed by atoms with Gasteiger partial charge in [0.15, 0.2) is 0 Å². The van der Waals surface area contributed by atoms with Gasteiger partial charge in [-0.15, -0.1) is 0 Å². The molecule has 0 radical (unpaired) electrons. The van der Waals surface area contributed by atoms with E-state index in [0.29, 0.717) is 18.0 Å². The Balaban J connectivity index is 1.48. The second-order valence-corrected chi connectivity index (χ2v) is 6.24. The summed E-state index contributed by atoms with van der Waals surface area (Å²) >= 11 is 0. The van der Waals surface area contributed by atoms with E-state index >= 15 is 0 Å². The molecule has 3 rings (SSSR count). The van der Waals surface area contributed by atoms with Gasteiger partial charge < -0.3 is 14.8 Å². The monoisotopic (exact) mass is 340 g/mol. The molecule has 1 amide bonds. The van der Waals surface area contributed by atoms with Crippen molar-refractivity contribution < 1.29 is 14.3 Å². The maximum atomic E-state index is 12.1. The Bertz CT molecular complexity index is 667. The molecule has 0 spiro atoms. The van der Waals surface area contributed by atoms with Gasteiger partial charge in [-0.3, -0.25) is 4.79 Å². The van der Waals surface area contributed by atoms with Crippen LogP contribution in [-0.2, 0) is 4.74 Å². The first-order valence-corrected chi connectivity index (χ1v) is 8.80. The predicted molar refractivity (Wildman–Crippen MR) is 95.6 cm³/mol. The summed E-state index contributed by atoms with van der Waals surface area (Å²) in [4.78, 5) is 16.4. The highest BCUT2D eigenvalue weighted by atomic mass is 16.5. The van der Waals surface area contributed by atoms with Crippen LogP contribution in [0.25, 0.3) is 0 Å². The first kappa shape index (κ1) is 17.4. The zero-order valence-electron chi connectivity index (χ0n) is 14.5. The van der Waals surface area contributed by atoms with Crippen LogP contribution in [0.5, 0.6) is 5.88 Å². The number of amides is 1. The van der Waals surface area contributed by atoms with E-state index in [2.05, 4.69) is 10.3 Å². The lowest BCUT2D eigenvalue weighted by Crippen LogP contribution is -2.27. The molecule has 2 aromatic rings. The number of carbonyl (C=O) groups excluding carboxylic acids is 1. The van der Waals surface area contributed by atoms with Gasteiger partial charge in [0.25, 0.3) is 5.91 Å². The van der Waals surface area contributed by atoms with E-state index in [1.165, 1.54) is 0 Å². The molecule has 1 N–H and O–H groups in total. The number of benzene rings is 1. The van der Waals surface area contributed by atoms with Crippen molar-refractivity contribution in [2.24, 2.45) is 0 Å². The van der Waals surface area contributed by atoms with E-state index in [-0.39, 0.29) is 18.1 Å². The van der Waals surface area contributed by atoms with Crippen LogP contribution in [0.3, 0.4) is 0 Å². The van der Waals surface area contributed by atoms with Crippen LogP contribution in [0, 0.1) is 0 Å². The third-order valence-corrected chi connectivity index (χ3v) is 4.34. The largest absolute Gasteiger partial charge is 0.470 e. The number of aromatic nitrogens is 1. The standard InChI is InChI=1S/C20H24N2O3/c1-15(16-6-3-2-4-7-16)25-19-10-9-17(14-22-19)20(23)21-12-11-18-8-5-13-24-18/h2-4,6-7,9-10,14-15,18H,5,8,11-13H2,1H3,(H,21,23). The van der Waals surface area contributed by atoms with Gasteiger partial charge in [0.2, 0.25) is 5.88 Å². The van der Waals surface area contributed by atoms with Crippen molar-refractivity contribution in [3.63, 3.8) is 0 Å². The molecule has 1 aromatic heterocycles. The zero-order valence-corrected chi connectivity index (χ0v) is 14.5. The number of hydrogen-bond acceptors (Lipinski definition) is 4. The number of ether oxygens (including phenoxy) is 2. The average molecular weight is 340 g/mol. The Hall–Kier alpha value is -2.40. The van der Waals surface area contributed by atoms with Crippen LogP contribution in [-0.4, -0.2) is 30.1 Å². The van der Waals surface area contributed by atoms with Gasteiger partial charge >= 0.3 is 0 Å². The molecule has 5 heteroatoms. The number of hydrogen-bond donors (Lipinski definition) is 1. The van der Waals surface area contributed by atoms with Gasteiger partial charge in [-0.25, -0.2) is 4.98 Å². The maximum absolute atomic E-state index is 12.1. The van der Waals surface area contributed by atoms with Crippen molar-refractivity contribution in [2.45, 2.75) is 38.4 Å². The number of rotatable bonds is 7. The highest BCUT2D eigenvalue weighted by Crippen LogP contribution is 2.19. The Morgan fingerprint density at radius 1 is 1.32 bits per heavy atom. The summed E-state index contributed by atoms with van der Waals surface area (Å²) in [6.45, 7) is 3.43. The first-order valence-electron chi connectivity index (χ1n) is 8.80. The summed E-state index contributed by atoms with van der Waals surface area (Å²) < 4.78 is 11.4. The zero-order chi connectivity index (χ0) is 17.5. The lowest BCUT2D eigenvalue weighted by atomic mass is 10.1.